The van der Waals surface area contributed by atoms with Gasteiger partial charge in [-0.15, -0.1) is 0 Å². The Hall–Kier alpha value is -0.900. The van der Waals surface area contributed by atoms with Gasteiger partial charge in [-0.05, 0) is 37.2 Å². The van der Waals surface area contributed by atoms with Crippen LogP contribution in [0.25, 0.3) is 0 Å². The van der Waals surface area contributed by atoms with Gasteiger partial charge >= 0.3 is 0 Å². The predicted molar refractivity (Wildman–Crippen MR) is 88.1 cm³/mol. The van der Waals surface area contributed by atoms with Gasteiger partial charge in [-0.1, -0.05) is 30.3 Å². The lowest BCUT2D eigenvalue weighted by atomic mass is 9.86. The molecule has 0 aromatic heterocycles. The van der Waals surface area contributed by atoms with Crippen molar-refractivity contribution in [3.8, 4) is 0 Å². The van der Waals surface area contributed by atoms with Crippen LogP contribution < -0.4 is 5.73 Å². The van der Waals surface area contributed by atoms with Gasteiger partial charge in [0.05, 0.1) is 0 Å². The maximum atomic E-state index is 6.00. The number of nitrogens with zero attached hydrogens (tertiary/aromatic N) is 2. The molecule has 2 fully saturated rings. The highest BCUT2D eigenvalue weighted by Crippen LogP contribution is 2.24. The molecule has 3 heteroatoms. The summed E-state index contributed by atoms with van der Waals surface area (Å²) in [5, 5.41) is 0. The highest BCUT2D eigenvalue weighted by Gasteiger charge is 2.23. The summed E-state index contributed by atoms with van der Waals surface area (Å²) < 4.78 is 0. The largest absolute Gasteiger partial charge is 0.328 e. The quantitative estimate of drug-likeness (QED) is 0.922. The molecule has 3 nitrogen and oxygen atoms in total. The van der Waals surface area contributed by atoms with Crippen molar-refractivity contribution in [3.05, 3.63) is 35.9 Å². The number of piperazine rings is 1. The van der Waals surface area contributed by atoms with Crippen molar-refractivity contribution in [2.75, 3.05) is 32.7 Å². The highest BCUT2D eigenvalue weighted by molar-refractivity contribution is 5.14. The Morgan fingerprint density at radius 1 is 0.857 bits per heavy atom. The van der Waals surface area contributed by atoms with Crippen molar-refractivity contribution >= 4 is 0 Å². The van der Waals surface area contributed by atoms with Crippen LogP contribution in [0.1, 0.15) is 31.2 Å². The third-order valence-corrected chi connectivity index (χ3v) is 5.12. The summed E-state index contributed by atoms with van der Waals surface area (Å²) in [7, 11) is 0. The second-order valence-electron chi connectivity index (χ2n) is 6.84. The average Bonchev–Trinajstić information content (AvgIpc) is 2.53. The molecule has 0 atom stereocenters. The van der Waals surface area contributed by atoms with Gasteiger partial charge in [-0.25, -0.2) is 0 Å². The fourth-order valence-electron chi connectivity index (χ4n) is 3.71. The van der Waals surface area contributed by atoms with Crippen molar-refractivity contribution in [1.29, 1.82) is 0 Å². The minimum absolute atomic E-state index is 0.476. The molecule has 1 aromatic carbocycles. The number of hydrogen-bond donors (Lipinski definition) is 1. The van der Waals surface area contributed by atoms with Gasteiger partial charge in [0.15, 0.2) is 0 Å². The Balaban J connectivity index is 1.39. The van der Waals surface area contributed by atoms with Gasteiger partial charge in [0.25, 0.3) is 0 Å². The van der Waals surface area contributed by atoms with Crippen molar-refractivity contribution in [3.63, 3.8) is 0 Å². The maximum absolute atomic E-state index is 6.00. The molecule has 3 rings (SSSR count). The van der Waals surface area contributed by atoms with E-state index in [1.807, 2.05) is 0 Å². The van der Waals surface area contributed by atoms with Crippen LogP contribution in [0.3, 0.4) is 0 Å². The first-order valence-corrected chi connectivity index (χ1v) is 8.54. The molecule has 21 heavy (non-hydrogen) atoms. The summed E-state index contributed by atoms with van der Waals surface area (Å²) in [5.74, 6) is 0.894. The first-order chi connectivity index (χ1) is 10.3. The summed E-state index contributed by atoms with van der Waals surface area (Å²) >= 11 is 0. The molecule has 1 aliphatic carbocycles. The van der Waals surface area contributed by atoms with Crippen LogP contribution in [-0.4, -0.2) is 48.6 Å². The summed E-state index contributed by atoms with van der Waals surface area (Å²) in [5.41, 5.74) is 7.44. The first kappa shape index (κ1) is 15.0. The molecule has 0 radical (unpaired) electrons. The summed E-state index contributed by atoms with van der Waals surface area (Å²) in [4.78, 5) is 5.26. The Kier molecular flexibility index (Phi) is 5.28. The Labute approximate surface area is 129 Å². The highest BCUT2D eigenvalue weighted by atomic mass is 15.3. The second kappa shape index (κ2) is 7.39. The zero-order valence-electron chi connectivity index (χ0n) is 13.1. The predicted octanol–water partition coefficient (Wildman–Crippen LogP) is 2.32. The summed E-state index contributed by atoms with van der Waals surface area (Å²) in [6.07, 6.45) is 5.15. The fourth-order valence-corrected chi connectivity index (χ4v) is 3.71. The second-order valence-corrected chi connectivity index (χ2v) is 6.84. The van der Waals surface area contributed by atoms with Crippen LogP contribution in [-0.2, 0) is 6.54 Å². The van der Waals surface area contributed by atoms with Crippen molar-refractivity contribution in [2.45, 2.75) is 38.3 Å². The van der Waals surface area contributed by atoms with Crippen molar-refractivity contribution < 1.29 is 0 Å². The molecular formula is C18H29N3. The lowest BCUT2D eigenvalue weighted by Crippen LogP contribution is -2.47. The molecule has 0 spiro atoms. The SMILES string of the molecule is NC1CCC(CN2CCN(Cc3ccccc3)CC2)CC1. The average molecular weight is 287 g/mol. The third kappa shape index (κ3) is 4.53. The van der Waals surface area contributed by atoms with Crippen molar-refractivity contribution in [1.82, 2.24) is 9.80 Å². The van der Waals surface area contributed by atoms with E-state index < -0.39 is 0 Å². The van der Waals surface area contributed by atoms with E-state index in [-0.39, 0.29) is 0 Å². The van der Waals surface area contributed by atoms with Gasteiger partial charge in [-0.2, -0.15) is 0 Å². The Morgan fingerprint density at radius 2 is 1.48 bits per heavy atom. The van der Waals surface area contributed by atoms with E-state index in [1.54, 1.807) is 0 Å². The minimum atomic E-state index is 0.476. The van der Waals surface area contributed by atoms with Crippen LogP contribution in [0.4, 0.5) is 0 Å². The molecule has 1 saturated heterocycles. The molecule has 2 N–H and O–H groups in total. The molecule has 0 unspecified atom stereocenters. The Morgan fingerprint density at radius 3 is 2.14 bits per heavy atom. The number of nitrogens with two attached hydrogens (primary N) is 1. The van der Waals surface area contributed by atoms with E-state index in [1.165, 1.54) is 64.0 Å². The number of benzene rings is 1. The standard InChI is InChI=1S/C18H29N3/c19-18-8-6-17(7-9-18)15-21-12-10-20(11-13-21)14-16-4-2-1-3-5-16/h1-5,17-18H,6-15,19H2. The van der Waals surface area contributed by atoms with Gasteiger partial charge in [0, 0.05) is 45.3 Å². The van der Waals surface area contributed by atoms with Crippen LogP contribution in [0.2, 0.25) is 0 Å². The van der Waals surface area contributed by atoms with Crippen molar-refractivity contribution in [2.24, 2.45) is 11.7 Å². The molecule has 1 aromatic rings. The van der Waals surface area contributed by atoms with Gasteiger partial charge in [-0.3, -0.25) is 4.90 Å². The van der Waals surface area contributed by atoms with Crippen LogP contribution in [0.5, 0.6) is 0 Å². The topological polar surface area (TPSA) is 32.5 Å². The fraction of sp³-hybridized carbons (Fsp3) is 0.667. The maximum Gasteiger partial charge on any atom is 0.0234 e. The van der Waals surface area contributed by atoms with Crippen LogP contribution in [0, 0.1) is 5.92 Å². The van der Waals surface area contributed by atoms with Crippen LogP contribution in [0.15, 0.2) is 30.3 Å². The minimum Gasteiger partial charge on any atom is -0.328 e. The third-order valence-electron chi connectivity index (χ3n) is 5.12. The number of hydrogen-bond acceptors (Lipinski definition) is 3. The monoisotopic (exact) mass is 287 g/mol. The molecule has 0 amide bonds. The molecule has 2 aliphatic rings. The molecule has 1 saturated carbocycles. The molecule has 0 bridgehead atoms. The van der Waals surface area contributed by atoms with E-state index in [2.05, 4.69) is 40.1 Å². The van der Waals surface area contributed by atoms with Gasteiger partial charge in [0.2, 0.25) is 0 Å². The smallest absolute Gasteiger partial charge is 0.0234 e. The summed E-state index contributed by atoms with van der Waals surface area (Å²) in [6.45, 7) is 7.28. The molecular weight excluding hydrogens is 258 g/mol. The zero-order chi connectivity index (χ0) is 14.5. The van der Waals surface area contributed by atoms with E-state index in [0.717, 1.165) is 12.5 Å². The molecule has 1 aliphatic heterocycles. The molecule has 116 valence electrons. The van der Waals surface area contributed by atoms with E-state index in [9.17, 15) is 0 Å². The van der Waals surface area contributed by atoms with E-state index >= 15 is 0 Å². The van der Waals surface area contributed by atoms with Gasteiger partial charge < -0.3 is 10.6 Å². The lowest BCUT2D eigenvalue weighted by molar-refractivity contribution is 0.104. The normalized spacial score (nSPS) is 28.6. The first-order valence-electron chi connectivity index (χ1n) is 8.54. The van der Waals surface area contributed by atoms with E-state index in [4.69, 9.17) is 5.73 Å². The zero-order valence-corrected chi connectivity index (χ0v) is 13.1. The Bertz CT molecular complexity index is 404. The lowest BCUT2D eigenvalue weighted by Gasteiger charge is -2.37. The van der Waals surface area contributed by atoms with Crippen LogP contribution >= 0.6 is 0 Å². The summed E-state index contributed by atoms with van der Waals surface area (Å²) in [6, 6.07) is 11.3. The van der Waals surface area contributed by atoms with Gasteiger partial charge in [0.1, 0.15) is 0 Å². The van der Waals surface area contributed by atoms with E-state index in [0.29, 0.717) is 6.04 Å². The number of rotatable bonds is 4. The molecule has 1 heterocycles.